The van der Waals surface area contributed by atoms with E-state index in [-0.39, 0.29) is 40.9 Å². The first-order valence-electron chi connectivity index (χ1n) is 8.59. The van der Waals surface area contributed by atoms with Gasteiger partial charge in [-0.2, -0.15) is 0 Å². The Morgan fingerprint density at radius 3 is 2.44 bits per heavy atom. The molecule has 27 heavy (non-hydrogen) atoms. The Balaban J connectivity index is 2.20. The van der Waals surface area contributed by atoms with Crippen LogP contribution in [-0.2, 0) is 9.59 Å². The van der Waals surface area contributed by atoms with Gasteiger partial charge in [0.15, 0.2) is 11.5 Å². The topological polar surface area (TPSA) is 87.2 Å². The lowest BCUT2D eigenvalue weighted by Crippen LogP contribution is -2.48. The van der Waals surface area contributed by atoms with Gasteiger partial charge in [0.05, 0.1) is 12.0 Å². The summed E-state index contributed by atoms with van der Waals surface area (Å²) in [4.78, 5) is 40.3. The van der Waals surface area contributed by atoms with Gasteiger partial charge in [-0.05, 0) is 63.2 Å². The zero-order valence-corrected chi connectivity index (χ0v) is 16.9. The maximum atomic E-state index is 12.6. The first kappa shape index (κ1) is 20.8. The fourth-order valence-electron chi connectivity index (χ4n) is 2.96. The van der Waals surface area contributed by atoms with Crippen LogP contribution in [-0.4, -0.2) is 57.7 Å². The lowest BCUT2D eigenvalue weighted by atomic mass is 10.2. The van der Waals surface area contributed by atoms with Crippen LogP contribution in [0.1, 0.15) is 33.3 Å². The van der Waals surface area contributed by atoms with E-state index < -0.39 is 11.1 Å². The number of imide groups is 1. The first-order chi connectivity index (χ1) is 12.6. The molecule has 1 heterocycles. The fourth-order valence-corrected chi connectivity index (χ4v) is 3.80. The van der Waals surface area contributed by atoms with E-state index in [0.29, 0.717) is 5.56 Å². The van der Waals surface area contributed by atoms with E-state index in [4.69, 9.17) is 4.74 Å². The molecule has 1 saturated heterocycles. The van der Waals surface area contributed by atoms with Crippen LogP contribution in [0.4, 0.5) is 4.79 Å². The van der Waals surface area contributed by atoms with Gasteiger partial charge in [-0.1, -0.05) is 6.07 Å². The summed E-state index contributed by atoms with van der Waals surface area (Å²) >= 11 is 0.789. The van der Waals surface area contributed by atoms with Crippen molar-refractivity contribution >= 4 is 34.9 Å². The molecule has 3 amide bonds. The molecule has 0 spiro atoms. The molecule has 1 fully saturated rings. The second kappa shape index (κ2) is 8.47. The highest BCUT2D eigenvalue weighted by Crippen LogP contribution is 2.34. The largest absolute Gasteiger partial charge is 0.504 e. The lowest BCUT2D eigenvalue weighted by Gasteiger charge is -2.31. The van der Waals surface area contributed by atoms with Crippen molar-refractivity contribution in [3.63, 3.8) is 0 Å². The number of phenolic OH excluding ortho intramolecular Hbond substituents is 1. The lowest BCUT2D eigenvalue weighted by molar-refractivity contribution is -0.138. The summed E-state index contributed by atoms with van der Waals surface area (Å²) in [7, 11) is 1.42. The van der Waals surface area contributed by atoms with E-state index in [1.807, 2.05) is 27.7 Å². The minimum Gasteiger partial charge on any atom is -0.504 e. The highest BCUT2D eigenvalue weighted by molar-refractivity contribution is 8.18. The van der Waals surface area contributed by atoms with Crippen LogP contribution in [0.5, 0.6) is 11.5 Å². The van der Waals surface area contributed by atoms with Crippen LogP contribution < -0.4 is 4.74 Å². The minimum absolute atomic E-state index is 0.0178. The molecule has 0 radical (unpaired) electrons. The standard InChI is InChI=1S/C19H24N2O5S/c1-11(2)21(12(3)4)17(23)10-20-18(24)16(27-19(20)25)9-13-6-7-14(22)15(8-13)26-5/h6-9,11-12,22H,10H2,1-5H3/b16-9-. The van der Waals surface area contributed by atoms with Gasteiger partial charge in [0.25, 0.3) is 11.1 Å². The van der Waals surface area contributed by atoms with Gasteiger partial charge < -0.3 is 14.7 Å². The van der Waals surface area contributed by atoms with Crippen LogP contribution in [0.3, 0.4) is 0 Å². The van der Waals surface area contributed by atoms with Crippen LogP contribution in [0, 0.1) is 0 Å². The molecule has 1 N–H and O–H groups in total. The fraction of sp³-hybridized carbons (Fsp3) is 0.421. The van der Waals surface area contributed by atoms with Crippen molar-refractivity contribution in [1.82, 2.24) is 9.80 Å². The number of nitrogens with zero attached hydrogens (tertiary/aromatic N) is 2. The predicted molar refractivity (Wildman–Crippen MR) is 104 cm³/mol. The highest BCUT2D eigenvalue weighted by Gasteiger charge is 2.37. The smallest absolute Gasteiger partial charge is 0.294 e. The van der Waals surface area contributed by atoms with Gasteiger partial charge in [-0.15, -0.1) is 0 Å². The summed E-state index contributed by atoms with van der Waals surface area (Å²) in [5.74, 6) is -0.522. The average Bonchev–Trinajstić information content (AvgIpc) is 2.83. The number of carbonyl (C=O) groups excluding carboxylic acids is 3. The number of amides is 3. The molecule has 1 aliphatic rings. The third-order valence-corrected chi connectivity index (χ3v) is 4.98. The van der Waals surface area contributed by atoms with Gasteiger partial charge in [-0.25, -0.2) is 0 Å². The third-order valence-electron chi connectivity index (χ3n) is 4.07. The molecule has 1 aromatic carbocycles. The van der Waals surface area contributed by atoms with Gasteiger partial charge in [0, 0.05) is 12.1 Å². The monoisotopic (exact) mass is 392 g/mol. The molecular weight excluding hydrogens is 368 g/mol. The molecule has 0 unspecified atom stereocenters. The third kappa shape index (κ3) is 4.63. The number of aromatic hydroxyl groups is 1. The normalized spacial score (nSPS) is 16.0. The average molecular weight is 392 g/mol. The Bertz CT molecular complexity index is 780. The minimum atomic E-state index is -0.502. The van der Waals surface area contributed by atoms with Gasteiger partial charge in [-0.3, -0.25) is 19.3 Å². The Labute approximate surface area is 163 Å². The van der Waals surface area contributed by atoms with E-state index in [2.05, 4.69) is 0 Å². The van der Waals surface area contributed by atoms with Crippen molar-refractivity contribution in [3.8, 4) is 11.5 Å². The Morgan fingerprint density at radius 2 is 1.89 bits per heavy atom. The zero-order valence-electron chi connectivity index (χ0n) is 16.1. The number of benzene rings is 1. The predicted octanol–water partition coefficient (Wildman–Crippen LogP) is 3.08. The van der Waals surface area contributed by atoms with Crippen molar-refractivity contribution < 1.29 is 24.2 Å². The van der Waals surface area contributed by atoms with Crippen LogP contribution in [0.15, 0.2) is 23.1 Å². The number of phenols is 1. The van der Waals surface area contributed by atoms with Crippen LogP contribution in [0.25, 0.3) is 6.08 Å². The summed E-state index contributed by atoms with van der Waals surface area (Å²) in [5.41, 5.74) is 0.604. The Morgan fingerprint density at radius 1 is 1.26 bits per heavy atom. The SMILES string of the molecule is COc1cc(/C=C2\SC(=O)N(CC(=O)N(C(C)C)C(C)C)C2=O)ccc1O. The van der Waals surface area contributed by atoms with Crippen molar-refractivity contribution in [2.24, 2.45) is 0 Å². The number of hydrogen-bond acceptors (Lipinski definition) is 6. The van der Waals surface area contributed by atoms with Crippen molar-refractivity contribution in [2.45, 2.75) is 39.8 Å². The number of hydrogen-bond donors (Lipinski definition) is 1. The Hall–Kier alpha value is -2.48. The number of methoxy groups -OCH3 is 1. The second-order valence-corrected chi connectivity index (χ2v) is 7.68. The molecular formula is C19H24N2O5S. The van der Waals surface area contributed by atoms with Crippen LogP contribution >= 0.6 is 11.8 Å². The molecule has 1 aliphatic heterocycles. The van der Waals surface area contributed by atoms with Gasteiger partial charge in [0.1, 0.15) is 6.54 Å². The van der Waals surface area contributed by atoms with Gasteiger partial charge >= 0.3 is 0 Å². The quantitative estimate of drug-likeness (QED) is 0.749. The van der Waals surface area contributed by atoms with E-state index in [1.165, 1.54) is 13.2 Å². The van der Waals surface area contributed by atoms with Gasteiger partial charge in [0.2, 0.25) is 5.91 Å². The molecule has 1 aromatic rings. The second-order valence-electron chi connectivity index (χ2n) is 6.69. The molecule has 2 rings (SSSR count). The first-order valence-corrected chi connectivity index (χ1v) is 9.40. The molecule has 0 saturated carbocycles. The van der Waals surface area contributed by atoms with E-state index in [1.54, 1.807) is 23.1 Å². The summed E-state index contributed by atoms with van der Waals surface area (Å²) < 4.78 is 5.04. The summed E-state index contributed by atoms with van der Waals surface area (Å²) in [6.07, 6.45) is 1.54. The summed E-state index contributed by atoms with van der Waals surface area (Å²) in [6, 6.07) is 4.56. The summed E-state index contributed by atoms with van der Waals surface area (Å²) in [5, 5.41) is 9.18. The van der Waals surface area contributed by atoms with E-state index in [0.717, 1.165) is 16.7 Å². The molecule has 0 aliphatic carbocycles. The molecule has 146 valence electrons. The molecule has 0 aromatic heterocycles. The molecule has 8 heteroatoms. The number of ether oxygens (including phenoxy) is 1. The summed E-state index contributed by atoms with van der Waals surface area (Å²) in [6.45, 7) is 7.29. The maximum absolute atomic E-state index is 12.6. The van der Waals surface area contributed by atoms with E-state index >= 15 is 0 Å². The molecule has 0 bridgehead atoms. The Kier molecular flexibility index (Phi) is 6.54. The molecule has 0 atom stereocenters. The maximum Gasteiger partial charge on any atom is 0.294 e. The highest BCUT2D eigenvalue weighted by atomic mass is 32.2. The van der Waals surface area contributed by atoms with Crippen molar-refractivity contribution in [2.75, 3.05) is 13.7 Å². The van der Waals surface area contributed by atoms with Crippen molar-refractivity contribution in [1.29, 1.82) is 0 Å². The van der Waals surface area contributed by atoms with E-state index in [9.17, 15) is 19.5 Å². The van der Waals surface area contributed by atoms with Crippen molar-refractivity contribution in [3.05, 3.63) is 28.7 Å². The number of rotatable bonds is 6. The number of thioether (sulfide) groups is 1. The molecule has 7 nitrogen and oxygen atoms in total. The number of carbonyl (C=O) groups is 3. The zero-order chi connectivity index (χ0) is 20.3. The van der Waals surface area contributed by atoms with Crippen LogP contribution in [0.2, 0.25) is 0 Å².